The Hall–Kier alpha value is -3.32. The zero-order valence-corrected chi connectivity index (χ0v) is 18.3. The standard InChI is InChI=1S/C24H29N3O4/c1-18(28)25-21(15-19-7-5-4-6-8-19)24(29)27-13-11-26(12-14-27)17-20-9-10-22(30-2)23(16-20)31-3/h4-10,15-16H,11-14,17H2,1-3H3,(H,25,28)/b21-15-. The molecule has 1 N–H and O–H groups in total. The minimum Gasteiger partial charge on any atom is -0.493 e. The van der Waals surface area contributed by atoms with Crippen LogP contribution < -0.4 is 14.8 Å². The first-order valence-electron chi connectivity index (χ1n) is 10.3. The van der Waals surface area contributed by atoms with Gasteiger partial charge >= 0.3 is 0 Å². The highest BCUT2D eigenvalue weighted by atomic mass is 16.5. The number of rotatable bonds is 7. The van der Waals surface area contributed by atoms with E-state index in [2.05, 4.69) is 10.2 Å². The van der Waals surface area contributed by atoms with Gasteiger partial charge in [0.15, 0.2) is 11.5 Å². The molecule has 3 rings (SSSR count). The van der Waals surface area contributed by atoms with Crippen molar-refractivity contribution in [2.45, 2.75) is 13.5 Å². The maximum absolute atomic E-state index is 13.1. The first-order chi connectivity index (χ1) is 15.0. The van der Waals surface area contributed by atoms with Gasteiger partial charge in [-0.15, -0.1) is 0 Å². The van der Waals surface area contributed by atoms with E-state index in [1.54, 1.807) is 25.2 Å². The lowest BCUT2D eigenvalue weighted by atomic mass is 10.1. The molecule has 1 heterocycles. The Morgan fingerprint density at radius 3 is 2.26 bits per heavy atom. The molecule has 164 valence electrons. The van der Waals surface area contributed by atoms with Crippen molar-refractivity contribution in [2.75, 3.05) is 40.4 Å². The number of carbonyl (C=O) groups excluding carboxylic acids is 2. The maximum atomic E-state index is 13.1. The summed E-state index contributed by atoms with van der Waals surface area (Å²) in [6, 6.07) is 15.4. The lowest BCUT2D eigenvalue weighted by Crippen LogP contribution is -2.50. The lowest BCUT2D eigenvalue weighted by molar-refractivity contribution is -0.130. The van der Waals surface area contributed by atoms with Gasteiger partial charge in [0.2, 0.25) is 5.91 Å². The molecule has 0 spiro atoms. The Labute approximate surface area is 183 Å². The van der Waals surface area contributed by atoms with E-state index in [0.717, 1.165) is 30.8 Å². The summed E-state index contributed by atoms with van der Waals surface area (Å²) in [5.41, 5.74) is 2.29. The summed E-state index contributed by atoms with van der Waals surface area (Å²) in [6.07, 6.45) is 1.72. The Bertz CT molecular complexity index is 935. The van der Waals surface area contributed by atoms with Crippen molar-refractivity contribution in [3.63, 3.8) is 0 Å². The minimum atomic E-state index is -0.261. The molecule has 1 aliphatic heterocycles. The van der Waals surface area contributed by atoms with Gasteiger partial charge in [-0.2, -0.15) is 0 Å². The summed E-state index contributed by atoms with van der Waals surface area (Å²) in [4.78, 5) is 28.8. The number of carbonyl (C=O) groups is 2. The van der Waals surface area contributed by atoms with Crippen molar-refractivity contribution in [1.82, 2.24) is 15.1 Å². The van der Waals surface area contributed by atoms with Gasteiger partial charge in [0, 0.05) is 39.6 Å². The average molecular weight is 424 g/mol. The van der Waals surface area contributed by atoms with E-state index in [0.29, 0.717) is 30.3 Å². The van der Waals surface area contributed by atoms with Crippen LogP contribution in [0.1, 0.15) is 18.1 Å². The van der Waals surface area contributed by atoms with E-state index in [1.807, 2.05) is 48.5 Å². The van der Waals surface area contributed by atoms with Gasteiger partial charge < -0.3 is 19.7 Å². The smallest absolute Gasteiger partial charge is 0.270 e. The SMILES string of the molecule is COc1ccc(CN2CCN(C(=O)/C(=C/c3ccccc3)NC(C)=O)CC2)cc1OC. The fourth-order valence-electron chi connectivity index (χ4n) is 3.57. The third kappa shape index (κ3) is 6.08. The largest absolute Gasteiger partial charge is 0.493 e. The Morgan fingerprint density at radius 2 is 1.65 bits per heavy atom. The van der Waals surface area contributed by atoms with E-state index < -0.39 is 0 Å². The van der Waals surface area contributed by atoms with Crippen LogP contribution >= 0.6 is 0 Å². The summed E-state index contributed by atoms with van der Waals surface area (Å²) in [5, 5.41) is 2.69. The van der Waals surface area contributed by atoms with Crippen LogP contribution in [0, 0.1) is 0 Å². The van der Waals surface area contributed by atoms with E-state index in [9.17, 15) is 9.59 Å². The molecule has 2 aromatic rings. The second-order valence-corrected chi connectivity index (χ2v) is 7.41. The topological polar surface area (TPSA) is 71.1 Å². The van der Waals surface area contributed by atoms with Crippen LogP contribution in [-0.2, 0) is 16.1 Å². The molecule has 7 nitrogen and oxygen atoms in total. The van der Waals surface area contributed by atoms with Gasteiger partial charge in [-0.1, -0.05) is 36.4 Å². The summed E-state index contributed by atoms with van der Waals surface area (Å²) in [5.74, 6) is 0.990. The van der Waals surface area contributed by atoms with Crippen molar-refractivity contribution >= 4 is 17.9 Å². The normalized spacial score (nSPS) is 14.8. The molecule has 2 amide bonds. The second kappa shape index (κ2) is 10.6. The molecule has 1 aliphatic rings. The Kier molecular flexibility index (Phi) is 7.67. The molecule has 1 fully saturated rings. The van der Waals surface area contributed by atoms with Gasteiger partial charge in [-0.25, -0.2) is 0 Å². The predicted molar refractivity (Wildman–Crippen MR) is 120 cm³/mol. The summed E-state index contributed by atoms with van der Waals surface area (Å²) in [7, 11) is 3.25. The van der Waals surface area contributed by atoms with Gasteiger partial charge in [0.05, 0.1) is 14.2 Å². The number of nitrogens with one attached hydrogen (secondary N) is 1. The number of amides is 2. The minimum absolute atomic E-state index is 0.162. The van der Waals surface area contributed by atoms with Crippen LogP contribution in [0.25, 0.3) is 6.08 Å². The molecule has 0 aromatic heterocycles. The highest BCUT2D eigenvalue weighted by molar-refractivity contribution is 6.01. The summed E-state index contributed by atoms with van der Waals surface area (Å²) < 4.78 is 10.7. The highest BCUT2D eigenvalue weighted by Gasteiger charge is 2.24. The van der Waals surface area contributed by atoms with E-state index in [4.69, 9.17) is 9.47 Å². The van der Waals surface area contributed by atoms with Crippen LogP contribution in [0.4, 0.5) is 0 Å². The van der Waals surface area contributed by atoms with Crippen LogP contribution in [0.5, 0.6) is 11.5 Å². The van der Waals surface area contributed by atoms with Gasteiger partial charge in [0.25, 0.3) is 5.91 Å². The first kappa shape index (κ1) is 22.4. The molecule has 0 radical (unpaired) electrons. The molecular formula is C24H29N3O4. The van der Waals surface area contributed by atoms with Crippen LogP contribution in [0.15, 0.2) is 54.2 Å². The van der Waals surface area contributed by atoms with Crippen molar-refractivity contribution < 1.29 is 19.1 Å². The lowest BCUT2D eigenvalue weighted by Gasteiger charge is -2.35. The molecule has 0 aliphatic carbocycles. The molecule has 2 aromatic carbocycles. The second-order valence-electron chi connectivity index (χ2n) is 7.41. The van der Waals surface area contributed by atoms with E-state index in [-0.39, 0.29) is 11.8 Å². The molecule has 0 saturated carbocycles. The zero-order valence-electron chi connectivity index (χ0n) is 18.3. The molecule has 0 bridgehead atoms. The number of methoxy groups -OCH3 is 2. The first-order valence-corrected chi connectivity index (χ1v) is 10.3. The zero-order chi connectivity index (χ0) is 22.2. The molecule has 31 heavy (non-hydrogen) atoms. The Balaban J connectivity index is 1.63. The predicted octanol–water partition coefficient (Wildman–Crippen LogP) is 2.53. The molecule has 0 unspecified atom stereocenters. The fraction of sp³-hybridized carbons (Fsp3) is 0.333. The third-order valence-corrected chi connectivity index (χ3v) is 5.17. The molecule has 1 saturated heterocycles. The van der Waals surface area contributed by atoms with Crippen molar-refractivity contribution in [3.05, 3.63) is 65.4 Å². The third-order valence-electron chi connectivity index (χ3n) is 5.17. The molecule has 0 atom stereocenters. The monoisotopic (exact) mass is 423 g/mol. The number of hydrogen-bond acceptors (Lipinski definition) is 5. The highest BCUT2D eigenvalue weighted by Crippen LogP contribution is 2.28. The van der Waals surface area contributed by atoms with Crippen molar-refractivity contribution in [3.8, 4) is 11.5 Å². The van der Waals surface area contributed by atoms with Crippen molar-refractivity contribution in [2.24, 2.45) is 0 Å². The van der Waals surface area contributed by atoms with Crippen LogP contribution in [-0.4, -0.2) is 62.0 Å². The molecule has 7 heteroatoms. The number of hydrogen-bond donors (Lipinski definition) is 1. The number of benzene rings is 2. The Morgan fingerprint density at radius 1 is 0.968 bits per heavy atom. The van der Waals surface area contributed by atoms with Gasteiger partial charge in [-0.3, -0.25) is 14.5 Å². The van der Waals surface area contributed by atoms with E-state index in [1.165, 1.54) is 6.92 Å². The van der Waals surface area contributed by atoms with Gasteiger partial charge in [-0.05, 0) is 29.3 Å². The van der Waals surface area contributed by atoms with Crippen molar-refractivity contribution in [1.29, 1.82) is 0 Å². The van der Waals surface area contributed by atoms with Crippen LogP contribution in [0.3, 0.4) is 0 Å². The van der Waals surface area contributed by atoms with E-state index >= 15 is 0 Å². The number of ether oxygens (including phenoxy) is 2. The van der Waals surface area contributed by atoms with Gasteiger partial charge in [0.1, 0.15) is 5.70 Å². The number of nitrogens with zero attached hydrogens (tertiary/aromatic N) is 2. The van der Waals surface area contributed by atoms with Crippen LogP contribution in [0.2, 0.25) is 0 Å². The maximum Gasteiger partial charge on any atom is 0.270 e. The summed E-state index contributed by atoms with van der Waals surface area (Å²) >= 11 is 0. The quantitative estimate of drug-likeness (QED) is 0.693. The fourth-order valence-corrected chi connectivity index (χ4v) is 3.57. The molecular weight excluding hydrogens is 394 g/mol. The summed E-state index contributed by atoms with van der Waals surface area (Å²) in [6.45, 7) is 4.86. The average Bonchev–Trinajstić information content (AvgIpc) is 2.79. The number of piperazine rings is 1.